The molecule has 0 aromatic heterocycles. The number of amides is 1. The molecule has 0 unspecified atom stereocenters. The van der Waals surface area contributed by atoms with Crippen molar-refractivity contribution in [3.63, 3.8) is 0 Å². The first-order chi connectivity index (χ1) is 14.8. The standard InChI is InChI=1S/C24H34N2O4S/c1-5-7-10-20(6-2)17-25-24(27)18-26(22-11-8-9-12-23(22)30-4)31(28,29)21-15-13-19(3)14-16-21/h8-9,11-16,20H,5-7,10,17-18H2,1-4H3,(H,25,27)/t20-/m1/s1. The van der Waals surface area contributed by atoms with Gasteiger partial charge in [0.25, 0.3) is 10.0 Å². The average Bonchev–Trinajstić information content (AvgIpc) is 2.77. The van der Waals surface area contributed by atoms with Gasteiger partial charge in [0, 0.05) is 6.54 Å². The SMILES string of the molecule is CCCC[C@@H](CC)CNC(=O)CN(c1ccccc1OC)S(=O)(=O)c1ccc(C)cc1. The Hall–Kier alpha value is -2.54. The number of carbonyl (C=O) groups is 1. The Kier molecular flexibility index (Phi) is 9.37. The summed E-state index contributed by atoms with van der Waals surface area (Å²) in [6.45, 7) is 6.37. The van der Waals surface area contributed by atoms with E-state index in [2.05, 4.69) is 19.2 Å². The second-order valence-corrected chi connectivity index (χ2v) is 9.58. The Balaban J connectivity index is 2.30. The number of rotatable bonds is 12. The van der Waals surface area contributed by atoms with Crippen LogP contribution in [0.25, 0.3) is 0 Å². The first-order valence-electron chi connectivity index (χ1n) is 10.8. The minimum atomic E-state index is -3.96. The molecule has 31 heavy (non-hydrogen) atoms. The molecule has 0 spiro atoms. The number of nitrogens with zero attached hydrogens (tertiary/aromatic N) is 1. The summed E-state index contributed by atoms with van der Waals surface area (Å²) in [7, 11) is -2.48. The Labute approximate surface area is 186 Å². The van der Waals surface area contributed by atoms with Gasteiger partial charge in [0.2, 0.25) is 5.91 Å². The van der Waals surface area contributed by atoms with Crippen LogP contribution in [0.1, 0.15) is 45.1 Å². The van der Waals surface area contributed by atoms with Crippen molar-refractivity contribution in [3.8, 4) is 5.75 Å². The van der Waals surface area contributed by atoms with Gasteiger partial charge in [-0.3, -0.25) is 9.10 Å². The van der Waals surface area contributed by atoms with Gasteiger partial charge >= 0.3 is 0 Å². The van der Waals surface area contributed by atoms with Gasteiger partial charge < -0.3 is 10.1 Å². The fraction of sp³-hybridized carbons (Fsp3) is 0.458. The summed E-state index contributed by atoms with van der Waals surface area (Å²) in [4.78, 5) is 12.9. The number of benzene rings is 2. The molecule has 0 fully saturated rings. The van der Waals surface area contributed by atoms with Crippen LogP contribution in [0.2, 0.25) is 0 Å². The minimum absolute atomic E-state index is 0.131. The second-order valence-electron chi connectivity index (χ2n) is 7.72. The summed E-state index contributed by atoms with van der Waals surface area (Å²) in [5.41, 5.74) is 1.29. The predicted octanol–water partition coefficient (Wildman–Crippen LogP) is 4.53. The molecular weight excluding hydrogens is 412 g/mol. The van der Waals surface area contributed by atoms with E-state index in [1.807, 2.05) is 6.92 Å². The lowest BCUT2D eigenvalue weighted by molar-refractivity contribution is -0.119. The summed E-state index contributed by atoms with van der Waals surface area (Å²) < 4.78 is 33.5. The molecule has 0 saturated heterocycles. The van der Waals surface area contributed by atoms with Crippen molar-refractivity contribution in [2.75, 3.05) is 24.5 Å². The van der Waals surface area contributed by atoms with E-state index in [0.717, 1.165) is 35.6 Å². The monoisotopic (exact) mass is 446 g/mol. The minimum Gasteiger partial charge on any atom is -0.495 e. The average molecular weight is 447 g/mol. The molecule has 6 nitrogen and oxygen atoms in total. The lowest BCUT2D eigenvalue weighted by Crippen LogP contribution is -2.42. The highest BCUT2D eigenvalue weighted by Crippen LogP contribution is 2.32. The van der Waals surface area contributed by atoms with Gasteiger partial charge in [0.15, 0.2) is 0 Å². The van der Waals surface area contributed by atoms with Crippen molar-refractivity contribution in [3.05, 3.63) is 54.1 Å². The molecule has 2 aromatic carbocycles. The number of hydrogen-bond acceptors (Lipinski definition) is 4. The van der Waals surface area contributed by atoms with Crippen LogP contribution in [0.15, 0.2) is 53.4 Å². The number of para-hydroxylation sites is 2. The van der Waals surface area contributed by atoms with E-state index in [1.165, 1.54) is 7.11 Å². The lowest BCUT2D eigenvalue weighted by atomic mass is 9.99. The third kappa shape index (κ3) is 6.72. The quantitative estimate of drug-likeness (QED) is 0.520. The maximum absolute atomic E-state index is 13.5. The highest BCUT2D eigenvalue weighted by Gasteiger charge is 2.29. The van der Waals surface area contributed by atoms with Crippen LogP contribution in [-0.2, 0) is 14.8 Å². The number of methoxy groups -OCH3 is 1. The highest BCUT2D eigenvalue weighted by molar-refractivity contribution is 7.92. The molecule has 1 N–H and O–H groups in total. The maximum Gasteiger partial charge on any atom is 0.264 e. The van der Waals surface area contributed by atoms with E-state index in [1.54, 1.807) is 48.5 Å². The van der Waals surface area contributed by atoms with Crippen LogP contribution >= 0.6 is 0 Å². The van der Waals surface area contributed by atoms with Crippen molar-refractivity contribution in [1.82, 2.24) is 5.32 Å². The molecule has 0 aliphatic heterocycles. The van der Waals surface area contributed by atoms with Crippen LogP contribution in [0, 0.1) is 12.8 Å². The molecule has 0 radical (unpaired) electrons. The first kappa shape index (κ1) is 24.7. The molecule has 2 aromatic rings. The van der Waals surface area contributed by atoms with Gasteiger partial charge in [0.05, 0.1) is 17.7 Å². The Bertz CT molecular complexity index is 942. The lowest BCUT2D eigenvalue weighted by Gasteiger charge is -2.26. The van der Waals surface area contributed by atoms with Crippen molar-refractivity contribution in [1.29, 1.82) is 0 Å². The van der Waals surface area contributed by atoms with E-state index >= 15 is 0 Å². The number of carbonyl (C=O) groups excluding carboxylic acids is 1. The molecule has 170 valence electrons. The Morgan fingerprint density at radius 1 is 1.10 bits per heavy atom. The van der Waals surface area contributed by atoms with Gasteiger partial charge in [-0.25, -0.2) is 8.42 Å². The largest absolute Gasteiger partial charge is 0.495 e. The van der Waals surface area contributed by atoms with Crippen LogP contribution < -0.4 is 14.4 Å². The number of ether oxygens (including phenoxy) is 1. The van der Waals surface area contributed by atoms with Crippen molar-refractivity contribution < 1.29 is 17.9 Å². The molecule has 7 heteroatoms. The maximum atomic E-state index is 13.5. The van der Waals surface area contributed by atoms with Crippen LogP contribution in [0.4, 0.5) is 5.69 Å². The molecule has 0 aliphatic carbocycles. The van der Waals surface area contributed by atoms with Gasteiger partial charge in [-0.1, -0.05) is 62.9 Å². The van der Waals surface area contributed by atoms with E-state index in [4.69, 9.17) is 4.74 Å². The molecule has 1 amide bonds. The number of nitrogens with one attached hydrogen (secondary N) is 1. The topological polar surface area (TPSA) is 75.7 Å². The zero-order chi connectivity index (χ0) is 22.9. The molecule has 0 bridgehead atoms. The third-order valence-electron chi connectivity index (χ3n) is 5.38. The zero-order valence-corrected chi connectivity index (χ0v) is 19.7. The van der Waals surface area contributed by atoms with E-state index < -0.39 is 10.0 Å². The van der Waals surface area contributed by atoms with Crippen LogP contribution in [0.3, 0.4) is 0 Å². The fourth-order valence-electron chi connectivity index (χ4n) is 3.36. The third-order valence-corrected chi connectivity index (χ3v) is 7.16. The molecular formula is C24H34N2O4S. The van der Waals surface area contributed by atoms with Crippen LogP contribution in [0.5, 0.6) is 5.75 Å². The fourth-order valence-corrected chi connectivity index (χ4v) is 4.79. The Morgan fingerprint density at radius 2 is 1.77 bits per heavy atom. The van der Waals surface area contributed by atoms with E-state index in [9.17, 15) is 13.2 Å². The molecule has 0 saturated carbocycles. The number of hydrogen-bond donors (Lipinski definition) is 1. The summed E-state index contributed by atoms with van der Waals surface area (Å²) in [5.74, 6) is 0.439. The van der Waals surface area contributed by atoms with Crippen molar-refractivity contribution in [2.24, 2.45) is 5.92 Å². The Morgan fingerprint density at radius 3 is 2.39 bits per heavy atom. The van der Waals surface area contributed by atoms with Crippen molar-refractivity contribution >= 4 is 21.6 Å². The summed E-state index contributed by atoms with van der Waals surface area (Å²) in [5, 5.41) is 2.93. The number of aryl methyl sites for hydroxylation is 1. The number of anilines is 1. The van der Waals surface area contributed by atoms with E-state index in [0.29, 0.717) is 23.9 Å². The normalized spacial score (nSPS) is 12.3. The zero-order valence-electron chi connectivity index (χ0n) is 18.9. The first-order valence-corrected chi connectivity index (χ1v) is 12.3. The number of unbranched alkanes of at least 4 members (excludes halogenated alkanes) is 1. The predicted molar refractivity (Wildman–Crippen MR) is 125 cm³/mol. The highest BCUT2D eigenvalue weighted by atomic mass is 32.2. The van der Waals surface area contributed by atoms with Gasteiger partial charge in [-0.15, -0.1) is 0 Å². The summed E-state index contributed by atoms with van der Waals surface area (Å²) >= 11 is 0. The van der Waals surface area contributed by atoms with E-state index in [-0.39, 0.29) is 17.3 Å². The summed E-state index contributed by atoms with van der Waals surface area (Å²) in [6, 6.07) is 13.4. The van der Waals surface area contributed by atoms with Gasteiger partial charge in [0.1, 0.15) is 12.3 Å². The summed E-state index contributed by atoms with van der Waals surface area (Å²) in [6.07, 6.45) is 4.24. The smallest absolute Gasteiger partial charge is 0.264 e. The molecule has 1 atom stereocenters. The molecule has 0 heterocycles. The number of sulfonamides is 1. The van der Waals surface area contributed by atoms with Gasteiger partial charge in [-0.05, 0) is 43.5 Å². The molecule has 2 rings (SSSR count). The second kappa shape index (κ2) is 11.7. The van der Waals surface area contributed by atoms with Gasteiger partial charge in [-0.2, -0.15) is 0 Å². The van der Waals surface area contributed by atoms with Crippen molar-refractivity contribution in [2.45, 2.75) is 51.3 Å². The molecule has 0 aliphatic rings. The van der Waals surface area contributed by atoms with Crippen LogP contribution in [-0.4, -0.2) is 34.5 Å².